The molecule has 0 radical (unpaired) electrons. The van der Waals surface area contributed by atoms with Crippen LogP contribution in [0.2, 0.25) is 15.1 Å². The van der Waals surface area contributed by atoms with Gasteiger partial charge in [-0.3, -0.25) is 4.79 Å². The van der Waals surface area contributed by atoms with Crippen LogP contribution in [0.5, 0.6) is 0 Å². The highest BCUT2D eigenvalue weighted by molar-refractivity contribution is 6.35. The number of ether oxygens (including phenoxy) is 1. The number of hydrogen-bond donors (Lipinski definition) is 0. The molecule has 2 aromatic rings. The molecule has 0 aliphatic heterocycles. The number of methoxy groups -OCH3 is 1. The minimum absolute atomic E-state index is 0.362. The topological polar surface area (TPSA) is 26.3 Å². The Kier molecular flexibility index (Phi) is 5.51. The second kappa shape index (κ2) is 7.17. The standard InChI is InChI=1S/C16H13Cl3O2/c1-21-16(20)13(8-10-4-2-3-5-14(10)18)12-7-6-11(17)9-15(12)19/h2-7,9,13H,8H2,1H3/t13-/m1/s1. The van der Waals surface area contributed by atoms with Crippen molar-refractivity contribution in [2.75, 3.05) is 7.11 Å². The summed E-state index contributed by atoms with van der Waals surface area (Å²) in [5.41, 5.74) is 1.54. The Morgan fingerprint density at radius 3 is 2.43 bits per heavy atom. The van der Waals surface area contributed by atoms with Gasteiger partial charge in [0.2, 0.25) is 0 Å². The molecule has 2 aromatic carbocycles. The van der Waals surface area contributed by atoms with Crippen LogP contribution in [0.25, 0.3) is 0 Å². The minimum Gasteiger partial charge on any atom is -0.469 e. The quantitative estimate of drug-likeness (QED) is 0.718. The molecule has 0 fully saturated rings. The summed E-state index contributed by atoms with van der Waals surface area (Å²) in [4.78, 5) is 12.1. The van der Waals surface area contributed by atoms with E-state index in [4.69, 9.17) is 39.5 Å². The molecule has 5 heteroatoms. The molecule has 0 saturated carbocycles. The van der Waals surface area contributed by atoms with Gasteiger partial charge < -0.3 is 4.74 Å². The molecule has 0 spiro atoms. The number of esters is 1. The highest BCUT2D eigenvalue weighted by atomic mass is 35.5. The summed E-state index contributed by atoms with van der Waals surface area (Å²) in [6.07, 6.45) is 0.410. The molecule has 2 rings (SSSR count). The molecule has 2 nitrogen and oxygen atoms in total. The van der Waals surface area contributed by atoms with Crippen molar-refractivity contribution < 1.29 is 9.53 Å². The summed E-state index contributed by atoms with van der Waals surface area (Å²) >= 11 is 18.3. The maximum atomic E-state index is 12.1. The van der Waals surface area contributed by atoms with Crippen LogP contribution in [-0.4, -0.2) is 13.1 Å². The third-order valence-corrected chi connectivity index (χ3v) is 4.14. The van der Waals surface area contributed by atoms with Crippen LogP contribution in [0.4, 0.5) is 0 Å². The first kappa shape index (κ1) is 16.2. The van der Waals surface area contributed by atoms with Gasteiger partial charge in [-0.05, 0) is 35.7 Å². The Morgan fingerprint density at radius 1 is 1.10 bits per heavy atom. The number of carbonyl (C=O) groups excluding carboxylic acids is 1. The van der Waals surface area contributed by atoms with Gasteiger partial charge in [-0.1, -0.05) is 59.1 Å². The van der Waals surface area contributed by atoms with Crippen LogP contribution >= 0.6 is 34.8 Å². The lowest BCUT2D eigenvalue weighted by Gasteiger charge is -2.17. The summed E-state index contributed by atoms with van der Waals surface area (Å²) < 4.78 is 4.89. The van der Waals surface area contributed by atoms with Gasteiger partial charge >= 0.3 is 5.97 Å². The summed E-state index contributed by atoms with van der Waals surface area (Å²) in [5.74, 6) is -0.890. The molecule has 0 aliphatic rings. The number of halogens is 3. The molecule has 0 N–H and O–H groups in total. The van der Waals surface area contributed by atoms with E-state index in [-0.39, 0.29) is 5.97 Å². The molecule has 0 aliphatic carbocycles. The molecule has 0 bridgehead atoms. The van der Waals surface area contributed by atoms with E-state index in [2.05, 4.69) is 0 Å². The van der Waals surface area contributed by atoms with Gasteiger partial charge in [-0.15, -0.1) is 0 Å². The van der Waals surface area contributed by atoms with E-state index in [1.54, 1.807) is 24.3 Å². The van der Waals surface area contributed by atoms with Gasteiger partial charge in [0.25, 0.3) is 0 Å². The first-order valence-corrected chi connectivity index (χ1v) is 7.42. The Bertz CT molecular complexity index is 656. The molecular formula is C16H13Cl3O2. The fourth-order valence-electron chi connectivity index (χ4n) is 2.13. The zero-order chi connectivity index (χ0) is 15.4. The van der Waals surface area contributed by atoms with Gasteiger partial charge in [0.15, 0.2) is 0 Å². The van der Waals surface area contributed by atoms with E-state index in [1.165, 1.54) is 7.11 Å². The predicted octanol–water partition coefficient (Wildman–Crippen LogP) is 5.15. The van der Waals surface area contributed by atoms with E-state index in [0.29, 0.717) is 27.1 Å². The van der Waals surface area contributed by atoms with Gasteiger partial charge in [0, 0.05) is 15.1 Å². The second-order valence-electron chi connectivity index (χ2n) is 4.54. The summed E-state index contributed by atoms with van der Waals surface area (Å²) in [6.45, 7) is 0. The van der Waals surface area contributed by atoms with Gasteiger partial charge in [0.1, 0.15) is 0 Å². The van der Waals surface area contributed by atoms with E-state index in [9.17, 15) is 4.79 Å². The van der Waals surface area contributed by atoms with Crippen LogP contribution in [0.3, 0.4) is 0 Å². The van der Waals surface area contributed by atoms with E-state index < -0.39 is 5.92 Å². The molecule has 0 saturated heterocycles. The third kappa shape index (κ3) is 3.91. The van der Waals surface area contributed by atoms with Crippen molar-refractivity contribution >= 4 is 40.8 Å². The van der Waals surface area contributed by atoms with E-state index >= 15 is 0 Å². The maximum absolute atomic E-state index is 12.1. The van der Waals surface area contributed by atoms with Crippen molar-refractivity contribution in [2.45, 2.75) is 12.3 Å². The minimum atomic E-state index is -0.528. The zero-order valence-electron chi connectivity index (χ0n) is 11.3. The normalized spacial score (nSPS) is 12.0. The lowest BCUT2D eigenvalue weighted by atomic mass is 9.92. The first-order valence-electron chi connectivity index (χ1n) is 6.29. The number of benzene rings is 2. The Labute approximate surface area is 138 Å². The van der Waals surface area contributed by atoms with Crippen molar-refractivity contribution in [1.82, 2.24) is 0 Å². The molecule has 21 heavy (non-hydrogen) atoms. The van der Waals surface area contributed by atoms with Crippen LogP contribution in [0.15, 0.2) is 42.5 Å². The fourth-order valence-corrected chi connectivity index (χ4v) is 2.88. The Hall–Kier alpha value is -1.22. The SMILES string of the molecule is COC(=O)[C@H](Cc1ccccc1Cl)c1ccc(Cl)cc1Cl. The molecular weight excluding hydrogens is 331 g/mol. The summed E-state index contributed by atoms with van der Waals surface area (Å²) in [6, 6.07) is 12.4. The van der Waals surface area contributed by atoms with Crippen molar-refractivity contribution in [3.63, 3.8) is 0 Å². The van der Waals surface area contributed by atoms with Gasteiger partial charge in [-0.2, -0.15) is 0 Å². The maximum Gasteiger partial charge on any atom is 0.313 e. The molecule has 0 amide bonds. The van der Waals surface area contributed by atoms with Crippen LogP contribution in [0, 0.1) is 0 Å². The molecule has 0 aromatic heterocycles. The van der Waals surface area contributed by atoms with Crippen LogP contribution in [-0.2, 0) is 16.0 Å². The number of rotatable bonds is 4. The average Bonchev–Trinajstić information content (AvgIpc) is 2.46. The van der Waals surface area contributed by atoms with Gasteiger partial charge in [0.05, 0.1) is 13.0 Å². The highest BCUT2D eigenvalue weighted by Gasteiger charge is 2.25. The van der Waals surface area contributed by atoms with Crippen molar-refractivity contribution in [3.8, 4) is 0 Å². The molecule has 0 unspecified atom stereocenters. The Morgan fingerprint density at radius 2 is 1.81 bits per heavy atom. The molecule has 0 heterocycles. The molecule has 1 atom stereocenters. The monoisotopic (exact) mass is 342 g/mol. The lowest BCUT2D eigenvalue weighted by Crippen LogP contribution is -2.17. The Balaban J connectivity index is 2.40. The first-order chi connectivity index (χ1) is 10.0. The predicted molar refractivity (Wildman–Crippen MR) is 86.4 cm³/mol. The molecule has 110 valence electrons. The summed E-state index contributed by atoms with van der Waals surface area (Å²) in [5, 5.41) is 1.56. The second-order valence-corrected chi connectivity index (χ2v) is 5.79. The number of hydrogen-bond acceptors (Lipinski definition) is 2. The number of carbonyl (C=O) groups is 1. The van der Waals surface area contributed by atoms with Crippen molar-refractivity contribution in [1.29, 1.82) is 0 Å². The van der Waals surface area contributed by atoms with Gasteiger partial charge in [-0.25, -0.2) is 0 Å². The van der Waals surface area contributed by atoms with E-state index in [0.717, 1.165) is 5.56 Å². The van der Waals surface area contributed by atoms with E-state index in [1.807, 2.05) is 18.2 Å². The highest BCUT2D eigenvalue weighted by Crippen LogP contribution is 2.32. The lowest BCUT2D eigenvalue weighted by molar-refractivity contribution is -0.142. The van der Waals surface area contributed by atoms with Crippen molar-refractivity contribution in [2.24, 2.45) is 0 Å². The average molecular weight is 344 g/mol. The zero-order valence-corrected chi connectivity index (χ0v) is 13.5. The smallest absolute Gasteiger partial charge is 0.313 e. The fraction of sp³-hybridized carbons (Fsp3) is 0.188. The van der Waals surface area contributed by atoms with Crippen molar-refractivity contribution in [3.05, 3.63) is 68.7 Å². The summed E-state index contributed by atoms with van der Waals surface area (Å²) in [7, 11) is 1.35. The third-order valence-electron chi connectivity index (χ3n) is 3.21. The van der Waals surface area contributed by atoms with Crippen LogP contribution < -0.4 is 0 Å². The largest absolute Gasteiger partial charge is 0.469 e. The van der Waals surface area contributed by atoms with Crippen LogP contribution in [0.1, 0.15) is 17.0 Å².